The van der Waals surface area contributed by atoms with Crippen molar-refractivity contribution in [2.45, 2.75) is 31.9 Å². The van der Waals surface area contributed by atoms with E-state index in [-0.39, 0.29) is 27.8 Å². The average Bonchev–Trinajstić information content (AvgIpc) is 3.33. The van der Waals surface area contributed by atoms with Gasteiger partial charge in [-0.25, -0.2) is 0 Å². The number of hydrogen-bond acceptors (Lipinski definition) is 6. The van der Waals surface area contributed by atoms with Crippen molar-refractivity contribution in [3.63, 3.8) is 0 Å². The summed E-state index contributed by atoms with van der Waals surface area (Å²) >= 11 is 0.970. The molecule has 1 aliphatic rings. The number of primary amides is 1. The molecule has 0 bridgehead atoms. The van der Waals surface area contributed by atoms with Gasteiger partial charge in [0.25, 0.3) is 5.91 Å². The molecule has 0 atom stereocenters. The van der Waals surface area contributed by atoms with Crippen molar-refractivity contribution in [3.05, 3.63) is 34.7 Å². The predicted molar refractivity (Wildman–Crippen MR) is 108 cm³/mol. The van der Waals surface area contributed by atoms with Gasteiger partial charge >= 0.3 is 12.2 Å². The molecule has 30 heavy (non-hydrogen) atoms. The number of rotatable bonds is 5. The molecule has 1 fully saturated rings. The lowest BCUT2D eigenvalue weighted by Crippen LogP contribution is -2.11. The van der Waals surface area contributed by atoms with Crippen LogP contribution in [-0.2, 0) is 6.18 Å². The molecule has 1 saturated carbocycles. The summed E-state index contributed by atoms with van der Waals surface area (Å²) in [6.45, 7) is 0.428. The molecule has 1 aromatic carbocycles. The van der Waals surface area contributed by atoms with Gasteiger partial charge in [-0.15, -0.1) is 11.3 Å². The summed E-state index contributed by atoms with van der Waals surface area (Å²) in [7, 11) is 0. The van der Waals surface area contributed by atoms with Gasteiger partial charge in [0.05, 0.1) is 28.9 Å². The minimum absolute atomic E-state index is 0.0408. The van der Waals surface area contributed by atoms with Gasteiger partial charge in [-0.3, -0.25) is 4.79 Å². The number of carbonyl (C=O) groups excluding carboxylic acids is 1. The minimum Gasteiger partial charge on any atom is -0.463 e. The molecule has 2 aromatic heterocycles. The van der Waals surface area contributed by atoms with Crippen LogP contribution in [0.3, 0.4) is 0 Å². The SMILES string of the molecule is NC(=O)c1sc2nc(OCC3CCCC3)nc(-c3cccc(C(F)(F)F)c3)c2c1N. The molecule has 2 heterocycles. The second kappa shape index (κ2) is 7.75. The number of nitrogen functional groups attached to an aromatic ring is 1. The van der Waals surface area contributed by atoms with Crippen molar-refractivity contribution < 1.29 is 22.7 Å². The predicted octanol–water partition coefficient (Wildman–Crippen LogP) is 4.63. The van der Waals surface area contributed by atoms with Crippen LogP contribution in [0.1, 0.15) is 40.9 Å². The number of hydrogen-bond donors (Lipinski definition) is 2. The Kier molecular flexibility index (Phi) is 5.27. The Hall–Kier alpha value is -2.88. The minimum atomic E-state index is -4.51. The molecule has 3 aromatic rings. The topological polar surface area (TPSA) is 104 Å². The second-order valence-electron chi connectivity index (χ2n) is 7.28. The van der Waals surface area contributed by atoms with Gasteiger partial charge in [0, 0.05) is 5.56 Å². The van der Waals surface area contributed by atoms with Crippen LogP contribution in [0.5, 0.6) is 6.01 Å². The lowest BCUT2D eigenvalue weighted by molar-refractivity contribution is -0.137. The summed E-state index contributed by atoms with van der Waals surface area (Å²) in [5, 5.41) is 0.293. The first-order valence-electron chi connectivity index (χ1n) is 9.44. The number of anilines is 1. The molecule has 6 nitrogen and oxygen atoms in total. The van der Waals surface area contributed by atoms with E-state index in [0.717, 1.165) is 49.2 Å². The number of fused-ring (bicyclic) bond motifs is 1. The number of amides is 1. The Morgan fingerprint density at radius 2 is 1.97 bits per heavy atom. The first-order chi connectivity index (χ1) is 14.2. The molecule has 1 aliphatic carbocycles. The van der Waals surface area contributed by atoms with Crippen molar-refractivity contribution >= 4 is 33.1 Å². The van der Waals surface area contributed by atoms with E-state index in [1.54, 1.807) is 0 Å². The van der Waals surface area contributed by atoms with Crippen LogP contribution in [0, 0.1) is 5.92 Å². The van der Waals surface area contributed by atoms with Crippen LogP contribution >= 0.6 is 11.3 Å². The molecule has 10 heteroatoms. The fourth-order valence-electron chi connectivity index (χ4n) is 3.67. The Morgan fingerprint density at radius 3 is 2.63 bits per heavy atom. The number of halogens is 3. The number of ether oxygens (including phenoxy) is 1. The number of thiophene rings is 1. The highest BCUT2D eigenvalue weighted by Gasteiger charge is 2.31. The number of nitrogens with two attached hydrogens (primary N) is 2. The van der Waals surface area contributed by atoms with Gasteiger partial charge in [-0.2, -0.15) is 23.1 Å². The molecule has 0 saturated heterocycles. The molecule has 0 unspecified atom stereocenters. The molecule has 0 radical (unpaired) electrons. The maximum Gasteiger partial charge on any atom is 0.416 e. The molecule has 4 rings (SSSR count). The smallest absolute Gasteiger partial charge is 0.416 e. The summed E-state index contributed by atoms with van der Waals surface area (Å²) in [5.41, 5.74) is 11.1. The number of benzene rings is 1. The van der Waals surface area contributed by atoms with E-state index in [1.807, 2.05) is 0 Å². The van der Waals surface area contributed by atoms with E-state index in [0.29, 0.717) is 22.7 Å². The van der Waals surface area contributed by atoms with Crippen LogP contribution in [0.4, 0.5) is 18.9 Å². The third kappa shape index (κ3) is 3.91. The fourth-order valence-corrected chi connectivity index (χ4v) is 4.61. The lowest BCUT2D eigenvalue weighted by Gasteiger charge is -2.13. The normalized spacial score (nSPS) is 15.0. The quantitative estimate of drug-likeness (QED) is 0.607. The van der Waals surface area contributed by atoms with Crippen molar-refractivity contribution in [1.82, 2.24) is 9.97 Å². The highest BCUT2D eigenvalue weighted by molar-refractivity contribution is 7.21. The van der Waals surface area contributed by atoms with E-state index in [4.69, 9.17) is 16.2 Å². The summed E-state index contributed by atoms with van der Waals surface area (Å²) in [4.78, 5) is 20.9. The van der Waals surface area contributed by atoms with Gasteiger partial charge in [0.2, 0.25) is 0 Å². The molecule has 4 N–H and O–H groups in total. The van der Waals surface area contributed by atoms with Gasteiger partial charge in [-0.1, -0.05) is 25.0 Å². The van der Waals surface area contributed by atoms with Crippen molar-refractivity contribution in [2.75, 3.05) is 12.3 Å². The monoisotopic (exact) mass is 436 g/mol. The molecule has 158 valence electrons. The first kappa shape index (κ1) is 20.4. The van der Waals surface area contributed by atoms with E-state index in [2.05, 4.69) is 9.97 Å². The van der Waals surface area contributed by atoms with Crippen molar-refractivity contribution in [2.24, 2.45) is 11.7 Å². The van der Waals surface area contributed by atoms with Crippen LogP contribution in [0.15, 0.2) is 24.3 Å². The van der Waals surface area contributed by atoms with E-state index in [9.17, 15) is 18.0 Å². The van der Waals surface area contributed by atoms with Crippen molar-refractivity contribution in [1.29, 1.82) is 0 Å². The Balaban J connectivity index is 1.84. The molecular weight excluding hydrogens is 417 g/mol. The number of carbonyl (C=O) groups is 1. The van der Waals surface area contributed by atoms with Gasteiger partial charge < -0.3 is 16.2 Å². The van der Waals surface area contributed by atoms with Gasteiger partial charge in [0.1, 0.15) is 9.71 Å². The van der Waals surface area contributed by atoms with Crippen molar-refractivity contribution in [3.8, 4) is 17.3 Å². The van der Waals surface area contributed by atoms with Crippen LogP contribution < -0.4 is 16.2 Å². The summed E-state index contributed by atoms with van der Waals surface area (Å²) < 4.78 is 45.4. The third-order valence-electron chi connectivity index (χ3n) is 5.18. The van der Waals surface area contributed by atoms with Crippen LogP contribution in [0.2, 0.25) is 0 Å². The van der Waals surface area contributed by atoms with Crippen LogP contribution in [0.25, 0.3) is 21.5 Å². The largest absolute Gasteiger partial charge is 0.463 e. The van der Waals surface area contributed by atoms with Crippen LogP contribution in [-0.4, -0.2) is 22.5 Å². The number of aromatic nitrogens is 2. The zero-order valence-corrected chi connectivity index (χ0v) is 16.6. The maximum atomic E-state index is 13.2. The maximum absolute atomic E-state index is 13.2. The molecular formula is C20H19F3N4O2S. The standard InChI is InChI=1S/C20H19F3N4O2S/c21-20(22,23)12-7-3-6-11(8-12)15-13-14(24)16(17(25)28)30-18(13)27-19(26-15)29-9-10-4-1-2-5-10/h3,6-8,10H,1-2,4-5,9,24H2,(H2,25,28). The van der Waals surface area contributed by atoms with E-state index < -0.39 is 17.6 Å². The highest BCUT2D eigenvalue weighted by atomic mass is 32.1. The van der Waals surface area contributed by atoms with Gasteiger partial charge in [-0.05, 0) is 30.9 Å². The Labute approximate surface area is 174 Å². The average molecular weight is 436 g/mol. The van der Waals surface area contributed by atoms with Gasteiger partial charge in [0.15, 0.2) is 0 Å². The molecule has 0 aliphatic heterocycles. The molecule has 1 amide bonds. The summed E-state index contributed by atoms with van der Waals surface area (Å²) in [5.74, 6) is -0.338. The zero-order chi connectivity index (χ0) is 21.5. The number of alkyl halides is 3. The van der Waals surface area contributed by atoms with E-state index in [1.165, 1.54) is 12.1 Å². The summed E-state index contributed by atoms with van der Waals surface area (Å²) in [6, 6.07) is 4.80. The number of nitrogens with zero attached hydrogens (tertiary/aromatic N) is 2. The molecule has 0 spiro atoms. The lowest BCUT2D eigenvalue weighted by atomic mass is 10.0. The van der Waals surface area contributed by atoms with E-state index >= 15 is 0 Å². The fraction of sp³-hybridized carbons (Fsp3) is 0.350. The third-order valence-corrected chi connectivity index (χ3v) is 6.29. The Morgan fingerprint density at radius 1 is 1.23 bits per heavy atom. The second-order valence-corrected chi connectivity index (χ2v) is 8.28. The summed E-state index contributed by atoms with van der Waals surface area (Å²) in [6.07, 6.45) is -0.108. The highest BCUT2D eigenvalue weighted by Crippen LogP contribution is 2.40. The first-order valence-corrected chi connectivity index (χ1v) is 10.3. The zero-order valence-electron chi connectivity index (χ0n) is 15.8. The Bertz CT molecular complexity index is 1110.